The molecule has 0 bridgehead atoms. The third-order valence-corrected chi connectivity index (χ3v) is 5.57. The van der Waals surface area contributed by atoms with Gasteiger partial charge in [0, 0.05) is 12.1 Å². The van der Waals surface area contributed by atoms with Crippen LogP contribution in [0.4, 0.5) is 22.0 Å². The Balaban J connectivity index is 1.75. The molecule has 0 radical (unpaired) electrons. The third-order valence-electron chi connectivity index (χ3n) is 5.57. The molecule has 1 fully saturated rings. The number of allylic oxidation sites excluding steroid dienone is 2. The summed E-state index contributed by atoms with van der Waals surface area (Å²) in [4.78, 5) is 0. The van der Waals surface area contributed by atoms with Crippen molar-refractivity contribution in [2.75, 3.05) is 0 Å². The molecule has 0 saturated heterocycles. The molecule has 1 saturated carbocycles. The normalized spacial score (nSPS) is 19.4. The van der Waals surface area contributed by atoms with Gasteiger partial charge in [-0.25, -0.2) is 13.2 Å². The maximum atomic E-state index is 14.6. The molecule has 0 N–H and O–H groups in total. The fourth-order valence-corrected chi connectivity index (χ4v) is 3.91. The van der Waals surface area contributed by atoms with Crippen LogP contribution in [-0.2, 0) is 6.11 Å². The summed E-state index contributed by atoms with van der Waals surface area (Å²) in [5.74, 6) is -4.09. The van der Waals surface area contributed by atoms with Crippen LogP contribution in [0.25, 0.3) is 0 Å². The van der Waals surface area contributed by atoms with E-state index >= 15 is 0 Å². The highest BCUT2D eigenvalue weighted by molar-refractivity contribution is 5.38. The highest BCUT2D eigenvalue weighted by atomic mass is 19.3. The molecule has 7 heteroatoms. The van der Waals surface area contributed by atoms with E-state index in [1.165, 1.54) is 12.1 Å². The standard InChI is InChI=1S/C24H22F5NO/c1-2-3-4-15-5-7-16(8-6-15)17-9-10-20(23(27)11-17)24(28,29)31-18-12-21(25)19(14-30)22(26)13-18/h3-4,9-13,15-16H,2,5-8H2,1H3. The number of halogens is 5. The maximum absolute atomic E-state index is 14.6. The van der Waals surface area contributed by atoms with Crippen LogP contribution in [-0.4, -0.2) is 0 Å². The highest BCUT2D eigenvalue weighted by Gasteiger charge is 2.38. The summed E-state index contributed by atoms with van der Waals surface area (Å²) in [5, 5.41) is 8.65. The van der Waals surface area contributed by atoms with Crippen LogP contribution < -0.4 is 4.74 Å². The molecule has 0 aromatic heterocycles. The summed E-state index contributed by atoms with van der Waals surface area (Å²) in [6.45, 7) is 2.07. The zero-order valence-electron chi connectivity index (χ0n) is 17.0. The zero-order chi connectivity index (χ0) is 22.6. The molecule has 0 spiro atoms. The first-order chi connectivity index (χ1) is 14.7. The number of ether oxygens (including phenoxy) is 1. The van der Waals surface area contributed by atoms with E-state index in [2.05, 4.69) is 23.8 Å². The van der Waals surface area contributed by atoms with Gasteiger partial charge in [-0.15, -0.1) is 0 Å². The molecular formula is C24H22F5NO. The number of rotatable bonds is 6. The predicted octanol–water partition coefficient (Wildman–Crippen LogP) is 7.34. The molecule has 0 heterocycles. The summed E-state index contributed by atoms with van der Waals surface area (Å²) in [5.41, 5.74) is -1.29. The Bertz CT molecular complexity index is 981. The van der Waals surface area contributed by atoms with E-state index in [9.17, 15) is 22.0 Å². The van der Waals surface area contributed by atoms with Crippen LogP contribution in [0.15, 0.2) is 42.5 Å². The van der Waals surface area contributed by atoms with Crippen molar-refractivity contribution < 1.29 is 26.7 Å². The van der Waals surface area contributed by atoms with Gasteiger partial charge in [0.15, 0.2) is 0 Å². The molecule has 2 aromatic carbocycles. The Morgan fingerprint density at radius 1 is 1.03 bits per heavy atom. The Kier molecular flexibility index (Phi) is 6.99. The molecule has 2 nitrogen and oxygen atoms in total. The van der Waals surface area contributed by atoms with Gasteiger partial charge < -0.3 is 4.74 Å². The summed E-state index contributed by atoms with van der Waals surface area (Å²) in [6.07, 6.45) is 4.75. The van der Waals surface area contributed by atoms with Gasteiger partial charge in [0.2, 0.25) is 0 Å². The largest absolute Gasteiger partial charge is 0.429 e. The van der Waals surface area contributed by atoms with Gasteiger partial charge in [-0.1, -0.05) is 25.1 Å². The van der Waals surface area contributed by atoms with Crippen LogP contribution in [0.5, 0.6) is 5.75 Å². The van der Waals surface area contributed by atoms with Crippen LogP contribution in [0.1, 0.15) is 61.6 Å². The molecule has 0 unspecified atom stereocenters. The van der Waals surface area contributed by atoms with Gasteiger partial charge in [-0.3, -0.25) is 0 Å². The molecule has 0 amide bonds. The Labute approximate surface area is 178 Å². The van der Waals surface area contributed by atoms with Crippen molar-refractivity contribution in [1.29, 1.82) is 5.26 Å². The predicted molar refractivity (Wildman–Crippen MR) is 106 cm³/mol. The van der Waals surface area contributed by atoms with Crippen molar-refractivity contribution in [3.63, 3.8) is 0 Å². The lowest BCUT2D eigenvalue weighted by molar-refractivity contribution is -0.187. The van der Waals surface area contributed by atoms with Gasteiger partial charge >= 0.3 is 6.11 Å². The molecule has 164 valence electrons. The smallest absolute Gasteiger partial charge is 0.429 e. The van der Waals surface area contributed by atoms with Crippen LogP contribution >= 0.6 is 0 Å². The number of nitriles is 1. The summed E-state index contributed by atoms with van der Waals surface area (Å²) < 4.78 is 75.3. The second-order valence-electron chi connectivity index (χ2n) is 7.68. The van der Waals surface area contributed by atoms with Crippen molar-refractivity contribution in [2.45, 2.75) is 51.1 Å². The third kappa shape index (κ3) is 5.25. The van der Waals surface area contributed by atoms with Crippen LogP contribution in [0, 0.1) is 34.7 Å². The number of hydrogen-bond donors (Lipinski definition) is 0. The second kappa shape index (κ2) is 9.51. The minimum Gasteiger partial charge on any atom is -0.429 e. The molecule has 2 aromatic rings. The summed E-state index contributed by atoms with van der Waals surface area (Å²) in [6, 6.07) is 5.70. The van der Waals surface area contributed by atoms with E-state index in [1.807, 2.05) is 0 Å². The van der Waals surface area contributed by atoms with Crippen molar-refractivity contribution in [1.82, 2.24) is 0 Å². The van der Waals surface area contributed by atoms with E-state index < -0.39 is 40.4 Å². The molecule has 31 heavy (non-hydrogen) atoms. The first kappa shape index (κ1) is 22.8. The minimum atomic E-state index is -4.15. The molecule has 0 aliphatic heterocycles. The van der Waals surface area contributed by atoms with Crippen molar-refractivity contribution >= 4 is 0 Å². The molecular weight excluding hydrogens is 413 g/mol. The van der Waals surface area contributed by atoms with E-state index in [-0.39, 0.29) is 5.92 Å². The lowest BCUT2D eigenvalue weighted by Gasteiger charge is -2.27. The van der Waals surface area contributed by atoms with E-state index in [0.29, 0.717) is 23.6 Å². The highest BCUT2D eigenvalue weighted by Crippen LogP contribution is 2.39. The average Bonchev–Trinajstić information content (AvgIpc) is 2.72. The van der Waals surface area contributed by atoms with Gasteiger partial charge in [0.25, 0.3) is 0 Å². The Hall–Kier alpha value is -2.88. The SMILES string of the molecule is CCC=CC1CCC(c2ccc(C(F)(F)Oc3cc(F)c(C#N)c(F)c3)c(F)c2)CC1. The lowest BCUT2D eigenvalue weighted by atomic mass is 9.78. The Morgan fingerprint density at radius 2 is 1.68 bits per heavy atom. The van der Waals surface area contributed by atoms with E-state index in [0.717, 1.165) is 44.2 Å². The second-order valence-corrected chi connectivity index (χ2v) is 7.68. The zero-order valence-corrected chi connectivity index (χ0v) is 17.0. The fourth-order valence-electron chi connectivity index (χ4n) is 3.91. The topological polar surface area (TPSA) is 33.0 Å². The summed E-state index contributed by atoms with van der Waals surface area (Å²) >= 11 is 0. The van der Waals surface area contributed by atoms with Gasteiger partial charge in [0.1, 0.15) is 34.8 Å². The fraction of sp³-hybridized carbons (Fsp3) is 0.375. The first-order valence-electron chi connectivity index (χ1n) is 10.2. The monoisotopic (exact) mass is 435 g/mol. The molecule has 1 aliphatic carbocycles. The van der Waals surface area contributed by atoms with Crippen LogP contribution in [0.2, 0.25) is 0 Å². The van der Waals surface area contributed by atoms with Crippen molar-refractivity contribution in [3.05, 3.63) is 76.6 Å². The van der Waals surface area contributed by atoms with Gasteiger partial charge in [0.05, 0.1) is 5.56 Å². The van der Waals surface area contributed by atoms with Crippen molar-refractivity contribution in [3.8, 4) is 11.8 Å². The van der Waals surface area contributed by atoms with E-state index in [4.69, 9.17) is 5.26 Å². The lowest BCUT2D eigenvalue weighted by Crippen LogP contribution is -2.24. The average molecular weight is 435 g/mol. The number of alkyl halides is 2. The van der Waals surface area contributed by atoms with Crippen molar-refractivity contribution in [2.24, 2.45) is 5.92 Å². The van der Waals surface area contributed by atoms with Crippen LogP contribution in [0.3, 0.4) is 0 Å². The van der Waals surface area contributed by atoms with Gasteiger partial charge in [-0.2, -0.15) is 14.0 Å². The molecule has 3 rings (SSSR count). The first-order valence-corrected chi connectivity index (χ1v) is 10.2. The minimum absolute atomic E-state index is 0.0890. The molecule has 1 aliphatic rings. The quantitative estimate of drug-likeness (QED) is 0.351. The summed E-state index contributed by atoms with van der Waals surface area (Å²) in [7, 11) is 0. The number of nitrogens with zero attached hydrogens (tertiary/aromatic N) is 1. The maximum Gasteiger partial charge on any atom is 0.429 e. The molecule has 0 atom stereocenters. The number of benzene rings is 2. The number of hydrogen-bond acceptors (Lipinski definition) is 2. The Morgan fingerprint density at radius 3 is 2.23 bits per heavy atom. The van der Waals surface area contributed by atoms with Gasteiger partial charge in [-0.05, 0) is 61.6 Å². The van der Waals surface area contributed by atoms with E-state index in [1.54, 1.807) is 0 Å².